The zero-order valence-electron chi connectivity index (χ0n) is 16.4. The first-order valence-corrected chi connectivity index (χ1v) is 10.7. The lowest BCUT2D eigenvalue weighted by molar-refractivity contribution is 0.0303. The molecule has 0 radical (unpaired) electrons. The maximum Gasteiger partial charge on any atom is 0.257 e. The van der Waals surface area contributed by atoms with Crippen LogP contribution >= 0.6 is 11.3 Å². The van der Waals surface area contributed by atoms with Crippen LogP contribution in [0, 0.1) is 12.8 Å². The van der Waals surface area contributed by atoms with Gasteiger partial charge in [-0.25, -0.2) is 0 Å². The molecule has 2 heterocycles. The Kier molecular flexibility index (Phi) is 5.51. The first kappa shape index (κ1) is 19.2. The summed E-state index contributed by atoms with van der Waals surface area (Å²) in [6.07, 6.45) is 2.96. The fourth-order valence-electron chi connectivity index (χ4n) is 3.99. The Morgan fingerprint density at radius 3 is 2.71 bits per heavy atom. The summed E-state index contributed by atoms with van der Waals surface area (Å²) in [6.45, 7) is 6.52. The van der Waals surface area contributed by atoms with Gasteiger partial charge in [0.05, 0.1) is 18.8 Å². The third-order valence-corrected chi connectivity index (χ3v) is 6.81. The van der Waals surface area contributed by atoms with Crippen molar-refractivity contribution >= 4 is 28.2 Å². The van der Waals surface area contributed by atoms with Gasteiger partial charge in [-0.1, -0.05) is 25.1 Å². The van der Waals surface area contributed by atoms with Crippen molar-refractivity contribution in [2.45, 2.75) is 33.1 Å². The molecule has 1 saturated heterocycles. The highest BCUT2D eigenvalue weighted by Gasteiger charge is 2.31. The number of rotatable bonds is 3. The molecule has 1 N–H and O–H groups in total. The third kappa shape index (κ3) is 3.71. The highest BCUT2D eigenvalue weighted by molar-refractivity contribution is 7.17. The number of hydrogen-bond donors (Lipinski definition) is 1. The van der Waals surface area contributed by atoms with E-state index < -0.39 is 0 Å². The topological polar surface area (TPSA) is 58.6 Å². The quantitative estimate of drug-likeness (QED) is 0.853. The molecule has 5 nitrogen and oxygen atoms in total. The normalized spacial score (nSPS) is 19.2. The number of morpholine rings is 1. The molecule has 1 fully saturated rings. The maximum absolute atomic E-state index is 13.3. The molecule has 2 aromatic rings. The molecule has 1 atom stereocenters. The summed E-state index contributed by atoms with van der Waals surface area (Å²) in [6, 6.07) is 7.53. The number of fused-ring (bicyclic) bond motifs is 1. The monoisotopic (exact) mass is 398 g/mol. The van der Waals surface area contributed by atoms with Crippen molar-refractivity contribution in [1.82, 2.24) is 4.90 Å². The zero-order valence-corrected chi connectivity index (χ0v) is 17.2. The first-order valence-electron chi connectivity index (χ1n) is 9.93. The molecule has 0 bridgehead atoms. The largest absolute Gasteiger partial charge is 0.378 e. The molecule has 1 aliphatic carbocycles. The molecule has 2 amide bonds. The standard InChI is InChI=1S/C22H26N2O3S/c1-14-7-8-17-18(13-14)28-21(19(17)22(26)24-9-11-27-12-10-24)23-20(25)16-6-4-3-5-15(16)2/h3-6,14H,7-13H2,1-2H3,(H,23,25). The smallest absolute Gasteiger partial charge is 0.257 e. The Bertz CT molecular complexity index is 899. The summed E-state index contributed by atoms with van der Waals surface area (Å²) >= 11 is 1.58. The lowest BCUT2D eigenvalue weighted by Crippen LogP contribution is -2.41. The molecule has 0 saturated carbocycles. The van der Waals surface area contributed by atoms with Gasteiger partial charge in [-0.05, 0) is 49.3 Å². The van der Waals surface area contributed by atoms with Gasteiger partial charge in [0.2, 0.25) is 0 Å². The molecule has 1 aromatic heterocycles. The number of anilines is 1. The minimum atomic E-state index is -0.152. The molecule has 148 valence electrons. The summed E-state index contributed by atoms with van der Waals surface area (Å²) < 4.78 is 5.40. The average Bonchev–Trinajstić information content (AvgIpc) is 3.05. The van der Waals surface area contributed by atoms with E-state index in [4.69, 9.17) is 4.74 Å². The van der Waals surface area contributed by atoms with Crippen LogP contribution in [0.1, 0.15) is 50.1 Å². The molecule has 6 heteroatoms. The Morgan fingerprint density at radius 2 is 1.96 bits per heavy atom. The van der Waals surface area contributed by atoms with Crippen molar-refractivity contribution in [3.63, 3.8) is 0 Å². The van der Waals surface area contributed by atoms with E-state index in [2.05, 4.69) is 12.2 Å². The first-order chi connectivity index (χ1) is 13.5. The number of nitrogens with one attached hydrogen (secondary N) is 1. The highest BCUT2D eigenvalue weighted by atomic mass is 32.1. The van der Waals surface area contributed by atoms with Gasteiger partial charge < -0.3 is 15.0 Å². The SMILES string of the molecule is Cc1ccccc1C(=O)Nc1sc2c(c1C(=O)N1CCOCC1)CCC(C)C2. The zero-order chi connectivity index (χ0) is 19.7. The fourth-order valence-corrected chi connectivity index (χ4v) is 5.39. The van der Waals surface area contributed by atoms with Gasteiger partial charge in [-0.15, -0.1) is 11.3 Å². The van der Waals surface area contributed by atoms with Gasteiger partial charge in [0.15, 0.2) is 0 Å². The van der Waals surface area contributed by atoms with Gasteiger partial charge in [-0.2, -0.15) is 0 Å². The number of nitrogens with zero attached hydrogens (tertiary/aromatic N) is 1. The second-order valence-corrected chi connectivity index (χ2v) is 8.83. The van der Waals surface area contributed by atoms with Crippen LogP contribution in [-0.4, -0.2) is 43.0 Å². The Labute approximate surface area is 169 Å². The Morgan fingerprint density at radius 1 is 1.21 bits per heavy atom. The van der Waals surface area contributed by atoms with E-state index in [1.165, 1.54) is 4.88 Å². The average molecular weight is 399 g/mol. The minimum Gasteiger partial charge on any atom is -0.378 e. The fraction of sp³-hybridized carbons (Fsp3) is 0.455. The Hall–Kier alpha value is -2.18. The van der Waals surface area contributed by atoms with E-state index in [1.54, 1.807) is 11.3 Å². The molecular formula is C22H26N2O3S. The molecule has 28 heavy (non-hydrogen) atoms. The number of carbonyl (C=O) groups excluding carboxylic acids is 2. The number of thiophene rings is 1. The molecule has 2 aliphatic rings. The van der Waals surface area contributed by atoms with Crippen molar-refractivity contribution in [2.24, 2.45) is 5.92 Å². The molecule has 4 rings (SSSR count). The predicted octanol–water partition coefficient (Wildman–Crippen LogP) is 3.91. The lowest BCUT2D eigenvalue weighted by atomic mass is 9.88. The van der Waals surface area contributed by atoms with E-state index in [0.29, 0.717) is 48.3 Å². The van der Waals surface area contributed by atoms with Gasteiger partial charge in [0.1, 0.15) is 5.00 Å². The van der Waals surface area contributed by atoms with Gasteiger partial charge in [0, 0.05) is 23.5 Å². The summed E-state index contributed by atoms with van der Waals surface area (Å²) in [7, 11) is 0. The molecule has 1 unspecified atom stereocenters. The second kappa shape index (κ2) is 8.05. The summed E-state index contributed by atoms with van der Waals surface area (Å²) in [5.74, 6) is 0.480. The van der Waals surface area contributed by atoms with E-state index in [-0.39, 0.29) is 11.8 Å². The van der Waals surface area contributed by atoms with E-state index in [1.807, 2.05) is 36.1 Å². The summed E-state index contributed by atoms with van der Waals surface area (Å²) in [5, 5.41) is 3.76. The van der Waals surface area contributed by atoms with Crippen molar-refractivity contribution in [1.29, 1.82) is 0 Å². The Balaban J connectivity index is 1.69. The van der Waals surface area contributed by atoms with Crippen LogP contribution in [-0.2, 0) is 17.6 Å². The summed E-state index contributed by atoms with van der Waals surface area (Å²) in [5.41, 5.74) is 3.42. The number of benzene rings is 1. The third-order valence-electron chi connectivity index (χ3n) is 5.64. The van der Waals surface area contributed by atoms with Crippen molar-refractivity contribution in [2.75, 3.05) is 31.6 Å². The lowest BCUT2D eigenvalue weighted by Gasteiger charge is -2.28. The molecule has 1 aliphatic heterocycles. The van der Waals surface area contributed by atoms with Crippen LogP contribution in [0.3, 0.4) is 0 Å². The van der Waals surface area contributed by atoms with Crippen LogP contribution in [0.4, 0.5) is 5.00 Å². The second-order valence-electron chi connectivity index (χ2n) is 7.73. The van der Waals surface area contributed by atoms with Crippen molar-refractivity contribution < 1.29 is 14.3 Å². The predicted molar refractivity (Wildman–Crippen MR) is 111 cm³/mol. The van der Waals surface area contributed by atoms with E-state index in [9.17, 15) is 9.59 Å². The van der Waals surface area contributed by atoms with Crippen LogP contribution in [0.2, 0.25) is 0 Å². The number of ether oxygens (including phenoxy) is 1. The maximum atomic E-state index is 13.3. The molecule has 0 spiro atoms. The van der Waals surface area contributed by atoms with Crippen molar-refractivity contribution in [3.8, 4) is 0 Å². The number of hydrogen-bond acceptors (Lipinski definition) is 4. The summed E-state index contributed by atoms with van der Waals surface area (Å²) in [4.78, 5) is 29.4. The molecular weight excluding hydrogens is 372 g/mol. The van der Waals surface area contributed by atoms with Gasteiger partial charge in [0.25, 0.3) is 11.8 Å². The minimum absolute atomic E-state index is 0.0236. The van der Waals surface area contributed by atoms with Crippen LogP contribution < -0.4 is 5.32 Å². The number of amides is 2. The number of aryl methyl sites for hydroxylation is 1. The van der Waals surface area contributed by atoms with Gasteiger partial charge >= 0.3 is 0 Å². The van der Waals surface area contributed by atoms with Crippen LogP contribution in [0.25, 0.3) is 0 Å². The van der Waals surface area contributed by atoms with Crippen LogP contribution in [0.15, 0.2) is 24.3 Å². The van der Waals surface area contributed by atoms with E-state index in [0.717, 1.165) is 30.4 Å². The van der Waals surface area contributed by atoms with E-state index >= 15 is 0 Å². The van der Waals surface area contributed by atoms with Gasteiger partial charge in [-0.3, -0.25) is 9.59 Å². The molecule has 1 aromatic carbocycles. The van der Waals surface area contributed by atoms with Crippen molar-refractivity contribution in [3.05, 3.63) is 51.4 Å². The van der Waals surface area contributed by atoms with Crippen LogP contribution in [0.5, 0.6) is 0 Å². The highest BCUT2D eigenvalue weighted by Crippen LogP contribution is 2.40. The number of carbonyl (C=O) groups is 2.